The molecule has 0 radical (unpaired) electrons. The molecular formula is C65H47N3O. The molecule has 0 unspecified atom stereocenters. The van der Waals surface area contributed by atoms with Crippen molar-refractivity contribution in [3.8, 4) is 101 Å². The van der Waals surface area contributed by atoms with Crippen molar-refractivity contribution in [3.05, 3.63) is 249 Å². The third-order valence-electron chi connectivity index (χ3n) is 12.6. The second-order valence-corrected chi connectivity index (χ2v) is 16.8. The van der Waals surface area contributed by atoms with Crippen molar-refractivity contribution in [1.29, 1.82) is 0 Å². The molecule has 12 rings (SSSR count). The Kier molecular flexibility index (Phi) is 11.8. The van der Waals surface area contributed by atoms with E-state index in [1.165, 1.54) is 16.7 Å². The third kappa shape index (κ3) is 8.64. The van der Waals surface area contributed by atoms with Crippen LogP contribution < -0.4 is 0 Å². The molecule has 0 saturated carbocycles. The van der Waals surface area contributed by atoms with Crippen LogP contribution in [0.2, 0.25) is 0 Å². The number of hydrogen-bond donors (Lipinski definition) is 0. The Morgan fingerprint density at radius 3 is 1.23 bits per heavy atom. The van der Waals surface area contributed by atoms with Gasteiger partial charge in [0, 0.05) is 33.0 Å². The molecule has 328 valence electrons. The van der Waals surface area contributed by atoms with Crippen molar-refractivity contribution in [1.82, 2.24) is 15.0 Å². The van der Waals surface area contributed by atoms with E-state index in [9.17, 15) is 0 Å². The van der Waals surface area contributed by atoms with E-state index in [2.05, 4.69) is 224 Å². The van der Waals surface area contributed by atoms with E-state index in [1.54, 1.807) is 0 Å². The van der Waals surface area contributed by atoms with E-state index in [1.807, 2.05) is 38.1 Å². The normalized spacial score (nSPS) is 11.0. The molecule has 0 bridgehead atoms. The lowest BCUT2D eigenvalue weighted by Gasteiger charge is -2.14. The van der Waals surface area contributed by atoms with Gasteiger partial charge in [0.1, 0.15) is 11.2 Å². The summed E-state index contributed by atoms with van der Waals surface area (Å²) < 4.78 is 6.42. The fourth-order valence-corrected chi connectivity index (χ4v) is 9.18. The highest BCUT2D eigenvalue weighted by Crippen LogP contribution is 2.39. The highest BCUT2D eigenvalue weighted by Gasteiger charge is 2.18. The lowest BCUT2D eigenvalue weighted by molar-refractivity contribution is 0.670. The zero-order chi connectivity index (χ0) is 46.5. The lowest BCUT2D eigenvalue weighted by atomic mass is 9.95. The maximum Gasteiger partial charge on any atom is 0.164 e. The predicted molar refractivity (Wildman–Crippen MR) is 287 cm³/mol. The van der Waals surface area contributed by atoms with Gasteiger partial charge in [-0.15, -0.1) is 0 Å². The lowest BCUT2D eigenvalue weighted by Crippen LogP contribution is -2.01. The minimum Gasteiger partial charge on any atom is -0.455 e. The molecule has 0 aliphatic rings. The molecule has 0 amide bonds. The highest BCUT2D eigenvalue weighted by molar-refractivity contribution is 6.09. The Balaban J connectivity index is 0.00000257. The Morgan fingerprint density at radius 2 is 0.609 bits per heavy atom. The van der Waals surface area contributed by atoms with Crippen molar-refractivity contribution in [2.45, 2.75) is 13.8 Å². The summed E-state index contributed by atoms with van der Waals surface area (Å²) in [5, 5.41) is 2.24. The summed E-state index contributed by atoms with van der Waals surface area (Å²) in [6, 6.07) is 87.1. The smallest absolute Gasteiger partial charge is 0.164 e. The summed E-state index contributed by atoms with van der Waals surface area (Å²) in [5.74, 6) is 1.81. The fourth-order valence-electron chi connectivity index (χ4n) is 9.18. The van der Waals surface area contributed by atoms with Gasteiger partial charge in [0.05, 0.1) is 0 Å². The zero-order valence-corrected chi connectivity index (χ0v) is 38.4. The van der Waals surface area contributed by atoms with Gasteiger partial charge in [-0.2, -0.15) is 0 Å². The molecule has 0 fully saturated rings. The monoisotopic (exact) mass is 885 g/mol. The molecule has 10 aromatic carbocycles. The zero-order valence-electron chi connectivity index (χ0n) is 38.4. The number of para-hydroxylation sites is 2. The summed E-state index contributed by atoms with van der Waals surface area (Å²) in [7, 11) is 0. The van der Waals surface area contributed by atoms with Crippen molar-refractivity contribution in [2.75, 3.05) is 0 Å². The van der Waals surface area contributed by atoms with Gasteiger partial charge in [-0.25, -0.2) is 15.0 Å². The topological polar surface area (TPSA) is 51.8 Å². The van der Waals surface area contributed by atoms with Crippen LogP contribution in [0.15, 0.2) is 253 Å². The number of nitrogens with zero attached hydrogens (tertiary/aromatic N) is 3. The van der Waals surface area contributed by atoms with Gasteiger partial charge in [-0.05, 0) is 91.5 Å². The quantitative estimate of drug-likeness (QED) is 0.145. The van der Waals surface area contributed by atoms with Crippen LogP contribution in [0.1, 0.15) is 13.8 Å². The molecule has 0 aliphatic heterocycles. The van der Waals surface area contributed by atoms with Crippen LogP contribution in [-0.4, -0.2) is 15.0 Å². The SMILES string of the molecule is CC.c1ccc(-c2cccc(-c3cccc(-c4nc(-c5ccc(-c6cccc(-c7cccc8c7oc7ccccc78)c6)cc5)nc(-c5ccccc5-c5cccc(-c6ccccc6)c5)n4)c3)c2)cc1. The summed E-state index contributed by atoms with van der Waals surface area (Å²) in [6.07, 6.45) is 0. The fraction of sp³-hybridized carbons (Fsp3) is 0.0308. The minimum absolute atomic E-state index is 0.598. The van der Waals surface area contributed by atoms with Crippen LogP contribution in [0.5, 0.6) is 0 Å². The van der Waals surface area contributed by atoms with Crippen LogP contribution >= 0.6 is 0 Å². The van der Waals surface area contributed by atoms with Crippen LogP contribution in [0, 0.1) is 0 Å². The third-order valence-corrected chi connectivity index (χ3v) is 12.6. The van der Waals surface area contributed by atoms with Gasteiger partial charge in [0.2, 0.25) is 0 Å². The first-order valence-corrected chi connectivity index (χ1v) is 23.6. The highest BCUT2D eigenvalue weighted by atomic mass is 16.3. The Bertz CT molecular complexity index is 3740. The van der Waals surface area contributed by atoms with E-state index in [4.69, 9.17) is 19.4 Å². The van der Waals surface area contributed by atoms with E-state index < -0.39 is 0 Å². The molecule has 2 heterocycles. The Hall–Kier alpha value is -8.99. The van der Waals surface area contributed by atoms with E-state index in [0.717, 1.165) is 88.7 Å². The Labute approximate surface area is 402 Å². The number of rotatable bonds is 9. The molecule has 0 N–H and O–H groups in total. The van der Waals surface area contributed by atoms with Crippen molar-refractivity contribution in [2.24, 2.45) is 0 Å². The molecular weight excluding hydrogens is 839 g/mol. The van der Waals surface area contributed by atoms with Crippen LogP contribution in [0.3, 0.4) is 0 Å². The second-order valence-electron chi connectivity index (χ2n) is 16.8. The van der Waals surface area contributed by atoms with Crippen molar-refractivity contribution < 1.29 is 4.42 Å². The van der Waals surface area contributed by atoms with E-state index in [0.29, 0.717) is 17.5 Å². The van der Waals surface area contributed by atoms with Gasteiger partial charge in [-0.3, -0.25) is 0 Å². The summed E-state index contributed by atoms with van der Waals surface area (Å²) in [4.78, 5) is 15.8. The van der Waals surface area contributed by atoms with Gasteiger partial charge in [-0.1, -0.05) is 232 Å². The maximum atomic E-state index is 6.42. The Morgan fingerprint density at radius 1 is 0.246 bits per heavy atom. The average Bonchev–Trinajstić information content (AvgIpc) is 3.83. The largest absolute Gasteiger partial charge is 0.455 e. The van der Waals surface area contributed by atoms with E-state index in [-0.39, 0.29) is 0 Å². The molecule has 2 aromatic heterocycles. The van der Waals surface area contributed by atoms with Gasteiger partial charge >= 0.3 is 0 Å². The van der Waals surface area contributed by atoms with Crippen LogP contribution in [-0.2, 0) is 0 Å². The number of hydrogen-bond acceptors (Lipinski definition) is 4. The molecule has 0 spiro atoms. The van der Waals surface area contributed by atoms with Crippen LogP contribution in [0.25, 0.3) is 123 Å². The number of furan rings is 1. The van der Waals surface area contributed by atoms with Crippen LogP contribution in [0.4, 0.5) is 0 Å². The molecule has 12 aromatic rings. The molecule has 69 heavy (non-hydrogen) atoms. The first-order chi connectivity index (χ1) is 34.2. The first kappa shape index (κ1) is 42.6. The molecule has 4 nitrogen and oxygen atoms in total. The van der Waals surface area contributed by atoms with Gasteiger partial charge < -0.3 is 4.42 Å². The second kappa shape index (κ2) is 19.1. The molecule has 0 saturated heterocycles. The molecule has 0 aliphatic carbocycles. The average molecular weight is 886 g/mol. The molecule has 0 atom stereocenters. The van der Waals surface area contributed by atoms with Crippen molar-refractivity contribution in [3.63, 3.8) is 0 Å². The number of fused-ring (bicyclic) bond motifs is 3. The summed E-state index contributed by atoms with van der Waals surface area (Å²) in [5.41, 5.74) is 17.9. The standard InChI is InChI=1S/C63H41N3O.C2H6/c1-3-16-42(17-4-1)46-20-11-23-49(38-46)50-24-14-27-53(41-50)62-64-61(65-63(66-62)58-30-8-7-28-54(58)51-25-12-21-47(39-51)43-18-5-2-6-19-43)45-36-34-44(35-37-45)48-22-13-26-52(40-48)55-31-15-32-57-56-29-9-10-33-59(56)67-60(55)57;1-2/h1-41H;1-2H3. The summed E-state index contributed by atoms with van der Waals surface area (Å²) >= 11 is 0. The van der Waals surface area contributed by atoms with Crippen molar-refractivity contribution >= 4 is 21.9 Å². The summed E-state index contributed by atoms with van der Waals surface area (Å²) in [6.45, 7) is 4.00. The number of aromatic nitrogens is 3. The molecule has 4 heteroatoms. The minimum atomic E-state index is 0.598. The first-order valence-electron chi connectivity index (χ1n) is 23.6. The van der Waals surface area contributed by atoms with Gasteiger partial charge in [0.15, 0.2) is 17.5 Å². The maximum absolute atomic E-state index is 6.42. The van der Waals surface area contributed by atoms with E-state index >= 15 is 0 Å². The van der Waals surface area contributed by atoms with Gasteiger partial charge in [0.25, 0.3) is 0 Å². The predicted octanol–water partition coefficient (Wildman–Crippen LogP) is 17.8. The number of benzene rings is 10.